The summed E-state index contributed by atoms with van der Waals surface area (Å²) in [5.74, 6) is 0. The Labute approximate surface area is 240 Å². The van der Waals surface area contributed by atoms with E-state index in [0.29, 0.717) is 0 Å². The third kappa shape index (κ3) is 3.30. The van der Waals surface area contributed by atoms with E-state index < -0.39 is 0 Å². The Hall–Kier alpha value is -5.12. The van der Waals surface area contributed by atoms with Crippen LogP contribution in [0.1, 0.15) is 0 Å². The van der Waals surface area contributed by atoms with Crippen molar-refractivity contribution in [2.75, 3.05) is 0 Å². The van der Waals surface area contributed by atoms with Crippen LogP contribution in [0.15, 0.2) is 144 Å². The predicted molar refractivity (Wildman–Crippen MR) is 174 cm³/mol. The highest BCUT2D eigenvalue weighted by Crippen LogP contribution is 2.45. The zero-order chi connectivity index (χ0) is 26.9. The first-order valence-electron chi connectivity index (χ1n) is 13.9. The monoisotopic (exact) mass is 541 g/mol. The molecule has 0 amide bonds. The van der Waals surface area contributed by atoms with Crippen LogP contribution in [0.3, 0.4) is 0 Å². The predicted octanol–water partition coefficient (Wildman–Crippen LogP) is 11.2. The Bertz CT molecular complexity index is 2410. The highest BCUT2D eigenvalue weighted by Gasteiger charge is 2.20. The molecule has 0 saturated carbocycles. The van der Waals surface area contributed by atoms with E-state index in [1.54, 1.807) is 0 Å². The van der Waals surface area contributed by atoms with Crippen molar-refractivity contribution in [1.29, 1.82) is 0 Å². The minimum atomic E-state index is 0.907. The van der Waals surface area contributed by atoms with Gasteiger partial charge in [0.05, 0.1) is 5.52 Å². The maximum absolute atomic E-state index is 6.54. The second-order valence-electron chi connectivity index (χ2n) is 10.5. The molecule has 0 aliphatic heterocycles. The Morgan fingerprint density at radius 3 is 1.88 bits per heavy atom. The van der Waals surface area contributed by atoms with E-state index >= 15 is 0 Å². The van der Waals surface area contributed by atoms with Gasteiger partial charge in [0.25, 0.3) is 0 Å². The van der Waals surface area contributed by atoms with Crippen molar-refractivity contribution >= 4 is 64.5 Å². The molecule has 0 atom stereocenters. The first-order chi connectivity index (χ1) is 20.3. The molecular formula is C38H23NOS. The standard InChI is InChI=1S/C38H23NOS/c1-3-11-24(12-4-1)27-16-9-18-29-30-19-10-17-28(38(30)41-37(27)29)25-21-22-34-32(23-25)35-36(40-34)31-15-7-8-20-33(31)39(35)26-13-5-2-6-14-26/h1-23H. The number of nitrogens with zero attached hydrogens (tertiary/aromatic N) is 1. The Kier molecular flexibility index (Phi) is 4.80. The van der Waals surface area contributed by atoms with Crippen molar-refractivity contribution in [3.05, 3.63) is 140 Å². The van der Waals surface area contributed by atoms with Crippen LogP contribution in [-0.4, -0.2) is 4.57 Å². The summed E-state index contributed by atoms with van der Waals surface area (Å²) in [4.78, 5) is 0. The summed E-state index contributed by atoms with van der Waals surface area (Å²) in [6, 6.07) is 49.8. The van der Waals surface area contributed by atoms with Gasteiger partial charge in [-0.05, 0) is 58.7 Å². The Balaban J connectivity index is 1.32. The van der Waals surface area contributed by atoms with Crippen LogP contribution in [0, 0.1) is 0 Å². The van der Waals surface area contributed by atoms with Gasteiger partial charge in [0.2, 0.25) is 0 Å². The van der Waals surface area contributed by atoms with Crippen LogP contribution in [0.2, 0.25) is 0 Å². The highest BCUT2D eigenvalue weighted by atomic mass is 32.1. The Morgan fingerprint density at radius 2 is 1.12 bits per heavy atom. The molecule has 0 fully saturated rings. The number of para-hydroxylation sites is 2. The first-order valence-corrected chi connectivity index (χ1v) is 14.7. The lowest BCUT2D eigenvalue weighted by molar-refractivity contribution is 0.673. The Morgan fingerprint density at radius 1 is 0.488 bits per heavy atom. The van der Waals surface area contributed by atoms with Crippen LogP contribution >= 0.6 is 11.3 Å². The second-order valence-corrected chi connectivity index (χ2v) is 11.5. The molecule has 0 N–H and O–H groups in total. The molecule has 9 rings (SSSR count). The van der Waals surface area contributed by atoms with Gasteiger partial charge in [-0.1, -0.05) is 103 Å². The van der Waals surface area contributed by atoms with Gasteiger partial charge in [0.15, 0.2) is 5.58 Å². The molecular weight excluding hydrogens is 518 g/mol. The molecule has 6 aromatic carbocycles. The summed E-state index contributed by atoms with van der Waals surface area (Å²) in [5.41, 5.74) is 10.2. The lowest BCUT2D eigenvalue weighted by Gasteiger charge is -2.08. The third-order valence-electron chi connectivity index (χ3n) is 8.21. The van der Waals surface area contributed by atoms with Gasteiger partial charge in [-0.25, -0.2) is 0 Å². The topological polar surface area (TPSA) is 18.1 Å². The number of thiophene rings is 1. The smallest absolute Gasteiger partial charge is 0.161 e. The van der Waals surface area contributed by atoms with Crippen LogP contribution < -0.4 is 0 Å². The largest absolute Gasteiger partial charge is 0.454 e. The quantitative estimate of drug-likeness (QED) is 0.217. The van der Waals surface area contributed by atoms with Crippen molar-refractivity contribution in [2.45, 2.75) is 0 Å². The van der Waals surface area contributed by atoms with Crippen LogP contribution in [-0.2, 0) is 0 Å². The fourth-order valence-electron chi connectivity index (χ4n) is 6.38. The van der Waals surface area contributed by atoms with E-state index in [0.717, 1.165) is 38.7 Å². The molecule has 41 heavy (non-hydrogen) atoms. The van der Waals surface area contributed by atoms with Gasteiger partial charge in [0.1, 0.15) is 11.1 Å². The average molecular weight is 542 g/mol. The van der Waals surface area contributed by atoms with Crippen molar-refractivity contribution in [3.63, 3.8) is 0 Å². The molecule has 192 valence electrons. The summed E-state index contributed by atoms with van der Waals surface area (Å²) in [6.07, 6.45) is 0. The number of hydrogen-bond acceptors (Lipinski definition) is 2. The molecule has 0 spiro atoms. The summed E-state index contributed by atoms with van der Waals surface area (Å²) in [7, 11) is 0. The number of fused-ring (bicyclic) bond motifs is 8. The van der Waals surface area contributed by atoms with E-state index in [1.165, 1.54) is 42.4 Å². The molecule has 3 heterocycles. The SMILES string of the molecule is c1ccc(-c2cccc3c2sc2c(-c4ccc5oc6c7ccccc7n(-c7ccccc7)c6c5c4)cccc23)cc1. The maximum Gasteiger partial charge on any atom is 0.161 e. The lowest BCUT2D eigenvalue weighted by Crippen LogP contribution is -1.92. The minimum absolute atomic E-state index is 0.907. The highest BCUT2D eigenvalue weighted by molar-refractivity contribution is 7.26. The van der Waals surface area contributed by atoms with Crippen molar-refractivity contribution in [3.8, 4) is 27.9 Å². The fraction of sp³-hybridized carbons (Fsp3) is 0. The molecule has 0 aliphatic rings. The molecule has 3 aromatic heterocycles. The minimum Gasteiger partial charge on any atom is -0.454 e. The van der Waals surface area contributed by atoms with E-state index in [-0.39, 0.29) is 0 Å². The molecule has 0 saturated heterocycles. The molecule has 0 bridgehead atoms. The summed E-state index contributed by atoms with van der Waals surface area (Å²) in [6.45, 7) is 0. The summed E-state index contributed by atoms with van der Waals surface area (Å²) < 4.78 is 11.5. The number of rotatable bonds is 3. The van der Waals surface area contributed by atoms with Gasteiger partial charge in [0, 0.05) is 36.6 Å². The van der Waals surface area contributed by atoms with Gasteiger partial charge in [-0.2, -0.15) is 0 Å². The van der Waals surface area contributed by atoms with Crippen LogP contribution in [0.5, 0.6) is 0 Å². The van der Waals surface area contributed by atoms with E-state index in [9.17, 15) is 0 Å². The fourth-order valence-corrected chi connectivity index (χ4v) is 7.75. The van der Waals surface area contributed by atoms with Crippen LogP contribution in [0.4, 0.5) is 0 Å². The summed E-state index contributed by atoms with van der Waals surface area (Å²) in [5, 5.41) is 4.87. The van der Waals surface area contributed by atoms with Crippen molar-refractivity contribution in [2.24, 2.45) is 0 Å². The number of hydrogen-bond donors (Lipinski definition) is 0. The van der Waals surface area contributed by atoms with Gasteiger partial charge in [-0.15, -0.1) is 11.3 Å². The zero-order valence-corrected chi connectivity index (χ0v) is 22.9. The number of furan rings is 1. The van der Waals surface area contributed by atoms with Gasteiger partial charge < -0.3 is 8.98 Å². The molecule has 0 unspecified atom stereocenters. The van der Waals surface area contributed by atoms with Crippen LogP contribution in [0.25, 0.3) is 81.1 Å². The van der Waals surface area contributed by atoms with E-state index in [4.69, 9.17) is 4.42 Å². The molecule has 9 aromatic rings. The molecule has 0 aliphatic carbocycles. The van der Waals surface area contributed by atoms with Gasteiger partial charge >= 0.3 is 0 Å². The molecule has 2 nitrogen and oxygen atoms in total. The van der Waals surface area contributed by atoms with Gasteiger partial charge in [-0.3, -0.25) is 0 Å². The van der Waals surface area contributed by atoms with E-state index in [2.05, 4.69) is 144 Å². The van der Waals surface area contributed by atoms with Crippen molar-refractivity contribution < 1.29 is 4.42 Å². The summed E-state index contributed by atoms with van der Waals surface area (Å²) >= 11 is 1.89. The lowest BCUT2D eigenvalue weighted by atomic mass is 9.99. The number of aromatic nitrogens is 1. The third-order valence-corrected chi connectivity index (χ3v) is 9.50. The normalized spacial score (nSPS) is 11.9. The number of benzene rings is 6. The first kappa shape index (κ1) is 22.7. The zero-order valence-electron chi connectivity index (χ0n) is 22.0. The molecule has 3 heteroatoms. The van der Waals surface area contributed by atoms with E-state index in [1.807, 2.05) is 11.3 Å². The average Bonchev–Trinajstić information content (AvgIpc) is 3.70. The maximum atomic E-state index is 6.54. The second kappa shape index (κ2) is 8.69. The molecule has 0 radical (unpaired) electrons. The van der Waals surface area contributed by atoms with Crippen molar-refractivity contribution in [1.82, 2.24) is 4.57 Å².